The number of amides is 2. The minimum absolute atomic E-state index is 0.211. The zero-order valence-corrected chi connectivity index (χ0v) is 16.6. The molecule has 0 atom stereocenters. The molecule has 0 spiro atoms. The van der Waals surface area contributed by atoms with Crippen LogP contribution in [0.2, 0.25) is 0 Å². The number of carbonyl (C=O) groups excluding carboxylic acids is 2. The van der Waals surface area contributed by atoms with E-state index in [0.29, 0.717) is 28.6 Å². The number of nitrogens with one attached hydrogen (secondary N) is 1. The number of hydrogen-bond donors (Lipinski definition) is 1. The highest BCUT2D eigenvalue weighted by Gasteiger charge is 2.23. The molecular formula is C19H22N2O5S. The molecular weight excluding hydrogens is 368 g/mol. The lowest BCUT2D eigenvalue weighted by atomic mass is 10.1. The van der Waals surface area contributed by atoms with Gasteiger partial charge in [-0.1, -0.05) is 6.07 Å². The van der Waals surface area contributed by atoms with Crippen LogP contribution < -0.4 is 14.8 Å². The Hall–Kier alpha value is -2.74. The van der Waals surface area contributed by atoms with Crippen molar-refractivity contribution in [2.45, 2.75) is 27.3 Å². The molecule has 0 unspecified atom stereocenters. The number of anilines is 1. The van der Waals surface area contributed by atoms with Gasteiger partial charge in [0, 0.05) is 18.5 Å². The Labute approximate surface area is 161 Å². The number of aryl methyl sites for hydroxylation is 1. The average Bonchev–Trinajstić information content (AvgIpc) is 3.19. The van der Waals surface area contributed by atoms with Gasteiger partial charge in [-0.15, -0.1) is 11.3 Å². The molecule has 1 aliphatic rings. The van der Waals surface area contributed by atoms with Gasteiger partial charge in [-0.25, -0.2) is 9.59 Å². The summed E-state index contributed by atoms with van der Waals surface area (Å²) in [7, 11) is 1.69. The number of ether oxygens (including phenoxy) is 3. The number of esters is 1. The van der Waals surface area contributed by atoms with E-state index in [9.17, 15) is 9.59 Å². The van der Waals surface area contributed by atoms with E-state index in [1.165, 1.54) is 16.2 Å². The van der Waals surface area contributed by atoms with E-state index in [2.05, 4.69) is 5.32 Å². The molecule has 1 aromatic heterocycles. The highest BCUT2D eigenvalue weighted by molar-refractivity contribution is 7.16. The van der Waals surface area contributed by atoms with Crippen molar-refractivity contribution in [3.8, 4) is 11.5 Å². The normalized spacial score (nSPS) is 12.0. The van der Waals surface area contributed by atoms with Gasteiger partial charge < -0.3 is 19.1 Å². The maximum absolute atomic E-state index is 12.6. The molecule has 3 rings (SSSR count). The van der Waals surface area contributed by atoms with Crippen LogP contribution >= 0.6 is 11.3 Å². The highest BCUT2D eigenvalue weighted by Crippen LogP contribution is 2.34. The Bertz CT molecular complexity index is 877. The summed E-state index contributed by atoms with van der Waals surface area (Å²) in [6, 6.07) is 5.27. The Morgan fingerprint density at radius 3 is 2.74 bits per heavy atom. The lowest BCUT2D eigenvalue weighted by Gasteiger charge is -2.18. The number of fused-ring (bicyclic) bond motifs is 1. The van der Waals surface area contributed by atoms with E-state index in [1.807, 2.05) is 32.0 Å². The standard InChI is InChI=1S/C19H22N2O5S/c1-5-24-18(22)16-11(2)12(3)27-17(16)20-19(23)21(4)9-13-6-7-14-15(8-13)26-10-25-14/h6-8H,5,9-10H2,1-4H3,(H,20,23). The molecule has 0 saturated heterocycles. The van der Waals surface area contributed by atoms with Gasteiger partial charge in [-0.3, -0.25) is 5.32 Å². The molecule has 0 radical (unpaired) electrons. The SMILES string of the molecule is CCOC(=O)c1c(NC(=O)N(C)Cc2ccc3c(c2)OCO3)sc(C)c1C. The maximum Gasteiger partial charge on any atom is 0.341 e. The monoisotopic (exact) mass is 390 g/mol. The van der Waals surface area contributed by atoms with Crippen LogP contribution in [0.4, 0.5) is 9.80 Å². The van der Waals surface area contributed by atoms with E-state index < -0.39 is 5.97 Å². The summed E-state index contributed by atoms with van der Waals surface area (Å²) in [5, 5.41) is 3.34. The fourth-order valence-electron chi connectivity index (χ4n) is 2.74. The zero-order valence-electron chi connectivity index (χ0n) is 15.8. The lowest BCUT2D eigenvalue weighted by molar-refractivity contribution is 0.0527. The van der Waals surface area contributed by atoms with E-state index in [-0.39, 0.29) is 19.4 Å². The van der Waals surface area contributed by atoms with Crippen molar-refractivity contribution < 1.29 is 23.8 Å². The van der Waals surface area contributed by atoms with Gasteiger partial charge >= 0.3 is 12.0 Å². The second-order valence-corrected chi connectivity index (χ2v) is 7.41. The van der Waals surface area contributed by atoms with Crippen LogP contribution in [-0.4, -0.2) is 37.3 Å². The summed E-state index contributed by atoms with van der Waals surface area (Å²) in [5.74, 6) is 0.956. The fraction of sp³-hybridized carbons (Fsp3) is 0.368. The van der Waals surface area contributed by atoms with E-state index in [4.69, 9.17) is 14.2 Å². The molecule has 0 saturated carbocycles. The molecule has 1 aliphatic heterocycles. The van der Waals surface area contributed by atoms with Gasteiger partial charge in [0.1, 0.15) is 5.00 Å². The summed E-state index contributed by atoms with van der Waals surface area (Å²) >= 11 is 1.37. The number of carbonyl (C=O) groups is 2. The first kappa shape index (κ1) is 19.0. The second kappa shape index (κ2) is 7.87. The minimum Gasteiger partial charge on any atom is -0.462 e. The lowest BCUT2D eigenvalue weighted by Crippen LogP contribution is -2.31. The highest BCUT2D eigenvalue weighted by atomic mass is 32.1. The smallest absolute Gasteiger partial charge is 0.341 e. The average molecular weight is 390 g/mol. The Balaban J connectivity index is 1.71. The summed E-state index contributed by atoms with van der Waals surface area (Å²) < 4.78 is 15.8. The number of nitrogens with zero attached hydrogens (tertiary/aromatic N) is 1. The van der Waals surface area contributed by atoms with Crippen molar-refractivity contribution in [3.63, 3.8) is 0 Å². The summed E-state index contributed by atoms with van der Waals surface area (Å²) in [6.07, 6.45) is 0. The quantitative estimate of drug-likeness (QED) is 0.783. The van der Waals surface area contributed by atoms with Crippen molar-refractivity contribution in [1.29, 1.82) is 0 Å². The molecule has 2 heterocycles. The van der Waals surface area contributed by atoms with Crippen LogP contribution in [0.25, 0.3) is 0 Å². The van der Waals surface area contributed by atoms with Gasteiger partial charge in [0.25, 0.3) is 0 Å². The van der Waals surface area contributed by atoms with Gasteiger partial charge in [-0.05, 0) is 44.0 Å². The Kier molecular flexibility index (Phi) is 5.55. The van der Waals surface area contributed by atoms with Gasteiger partial charge in [-0.2, -0.15) is 0 Å². The second-order valence-electron chi connectivity index (χ2n) is 6.18. The number of hydrogen-bond acceptors (Lipinski definition) is 6. The largest absolute Gasteiger partial charge is 0.462 e. The third-order valence-corrected chi connectivity index (χ3v) is 5.41. The van der Waals surface area contributed by atoms with Gasteiger partial charge in [0.05, 0.1) is 12.2 Å². The van der Waals surface area contributed by atoms with Gasteiger partial charge in [0.2, 0.25) is 6.79 Å². The number of thiophene rings is 1. The van der Waals surface area contributed by atoms with Crippen molar-refractivity contribution >= 4 is 28.3 Å². The first-order valence-corrected chi connectivity index (χ1v) is 9.40. The molecule has 0 aliphatic carbocycles. The van der Waals surface area contributed by atoms with Crippen molar-refractivity contribution in [2.24, 2.45) is 0 Å². The number of benzene rings is 1. The molecule has 2 amide bonds. The van der Waals surface area contributed by atoms with Crippen LogP contribution in [0.15, 0.2) is 18.2 Å². The molecule has 1 aromatic carbocycles. The number of rotatable bonds is 5. The molecule has 27 heavy (non-hydrogen) atoms. The first-order valence-electron chi connectivity index (χ1n) is 8.58. The van der Waals surface area contributed by atoms with Crippen molar-refractivity contribution in [1.82, 2.24) is 4.90 Å². The van der Waals surface area contributed by atoms with Crippen LogP contribution in [0.1, 0.15) is 33.3 Å². The first-order chi connectivity index (χ1) is 12.9. The molecule has 7 nitrogen and oxygen atoms in total. The van der Waals surface area contributed by atoms with Crippen LogP contribution in [0.3, 0.4) is 0 Å². The fourth-order valence-corrected chi connectivity index (χ4v) is 3.78. The van der Waals surface area contributed by atoms with Crippen LogP contribution in [0.5, 0.6) is 11.5 Å². The number of urea groups is 1. The van der Waals surface area contributed by atoms with Gasteiger partial charge in [0.15, 0.2) is 11.5 Å². The summed E-state index contributed by atoms with van der Waals surface area (Å²) in [5.41, 5.74) is 2.16. The Morgan fingerprint density at radius 1 is 1.26 bits per heavy atom. The Morgan fingerprint density at radius 2 is 2.00 bits per heavy atom. The summed E-state index contributed by atoms with van der Waals surface area (Å²) in [6.45, 7) is 6.40. The summed E-state index contributed by atoms with van der Waals surface area (Å²) in [4.78, 5) is 27.4. The van der Waals surface area contributed by atoms with E-state index in [1.54, 1.807) is 14.0 Å². The third-order valence-electron chi connectivity index (χ3n) is 4.29. The van der Waals surface area contributed by atoms with Crippen LogP contribution in [0, 0.1) is 13.8 Å². The van der Waals surface area contributed by atoms with Crippen LogP contribution in [-0.2, 0) is 11.3 Å². The third kappa shape index (κ3) is 4.00. The van der Waals surface area contributed by atoms with Crippen molar-refractivity contribution in [2.75, 3.05) is 25.8 Å². The molecule has 8 heteroatoms. The molecule has 1 N–H and O–H groups in total. The molecule has 0 bridgehead atoms. The van der Waals surface area contributed by atoms with E-state index in [0.717, 1.165) is 16.0 Å². The maximum atomic E-state index is 12.6. The predicted octanol–water partition coefficient (Wildman–Crippen LogP) is 3.93. The predicted molar refractivity (Wildman–Crippen MR) is 103 cm³/mol. The van der Waals surface area contributed by atoms with E-state index >= 15 is 0 Å². The minimum atomic E-state index is -0.423. The molecule has 144 valence electrons. The zero-order chi connectivity index (χ0) is 19.6. The molecule has 0 fully saturated rings. The molecule has 2 aromatic rings. The topological polar surface area (TPSA) is 77.1 Å². The van der Waals surface area contributed by atoms with Crippen molar-refractivity contribution in [3.05, 3.63) is 39.8 Å².